The number of nitrogens with two attached hydrogens (primary N) is 1. The Labute approximate surface area is 170 Å². The Morgan fingerprint density at radius 1 is 1.03 bits per heavy atom. The molecule has 1 aromatic heterocycles. The molecule has 0 radical (unpaired) electrons. The van der Waals surface area contributed by atoms with Crippen molar-refractivity contribution in [1.29, 1.82) is 0 Å². The highest BCUT2D eigenvalue weighted by Crippen LogP contribution is 2.32. The number of aromatic nitrogens is 2. The lowest BCUT2D eigenvalue weighted by Crippen LogP contribution is -2.49. The number of allylic oxidation sites excluding steroid dienone is 3. The highest BCUT2D eigenvalue weighted by atomic mass is 32.2. The molecular weight excluding hydrogens is 390 g/mol. The van der Waals surface area contributed by atoms with Gasteiger partial charge in [-0.25, -0.2) is 8.42 Å². The molecule has 1 fully saturated rings. The summed E-state index contributed by atoms with van der Waals surface area (Å²) in [6.45, 7) is 1.71. The summed E-state index contributed by atoms with van der Waals surface area (Å²) in [6.07, 6.45) is 6.99. The van der Waals surface area contributed by atoms with Gasteiger partial charge in [0.2, 0.25) is 10.0 Å². The van der Waals surface area contributed by atoms with Gasteiger partial charge >= 0.3 is 0 Å². The molecule has 0 saturated carbocycles. The second kappa shape index (κ2) is 7.84. The van der Waals surface area contributed by atoms with Crippen molar-refractivity contribution in [3.8, 4) is 17.0 Å². The highest BCUT2D eigenvalue weighted by Gasteiger charge is 2.30. The van der Waals surface area contributed by atoms with E-state index < -0.39 is 10.0 Å². The van der Waals surface area contributed by atoms with Crippen LogP contribution in [-0.2, 0) is 10.0 Å². The van der Waals surface area contributed by atoms with Crippen LogP contribution in [0.4, 0.5) is 11.5 Å². The number of piperazine rings is 1. The summed E-state index contributed by atoms with van der Waals surface area (Å²) >= 11 is 0. The van der Waals surface area contributed by atoms with E-state index in [2.05, 4.69) is 10.2 Å². The van der Waals surface area contributed by atoms with Gasteiger partial charge in [0.25, 0.3) is 0 Å². The SMILES string of the molecule is Nc1nnc(-c2ccccc2O)cc1N1CCN(S(=O)(=O)C2=CCCC=C2)CC1. The van der Waals surface area contributed by atoms with Gasteiger partial charge < -0.3 is 15.7 Å². The maximum Gasteiger partial charge on any atom is 0.242 e. The predicted molar refractivity (Wildman–Crippen MR) is 113 cm³/mol. The zero-order chi connectivity index (χ0) is 20.4. The molecule has 1 aromatic carbocycles. The molecular formula is C20H23N5O3S. The number of anilines is 2. The molecule has 4 rings (SSSR count). The van der Waals surface area contributed by atoms with Crippen LogP contribution in [-0.4, -0.2) is 54.2 Å². The maximum absolute atomic E-state index is 12.8. The summed E-state index contributed by atoms with van der Waals surface area (Å²) in [5.74, 6) is 0.389. The minimum Gasteiger partial charge on any atom is -0.507 e. The van der Waals surface area contributed by atoms with Crippen LogP contribution in [0, 0.1) is 0 Å². The molecule has 8 nitrogen and oxygen atoms in total. The van der Waals surface area contributed by atoms with Crippen molar-refractivity contribution in [2.45, 2.75) is 12.8 Å². The number of phenolic OH excluding ortho intramolecular Hbond substituents is 1. The zero-order valence-electron chi connectivity index (χ0n) is 15.9. The third kappa shape index (κ3) is 3.83. The van der Waals surface area contributed by atoms with Gasteiger partial charge in [0.1, 0.15) is 5.75 Å². The molecule has 0 spiro atoms. The Balaban J connectivity index is 1.53. The van der Waals surface area contributed by atoms with E-state index in [4.69, 9.17) is 5.73 Å². The normalized spacial score (nSPS) is 17.9. The van der Waals surface area contributed by atoms with Crippen molar-refractivity contribution < 1.29 is 13.5 Å². The van der Waals surface area contributed by atoms with Crippen molar-refractivity contribution in [2.75, 3.05) is 36.8 Å². The average molecular weight is 414 g/mol. The third-order valence-electron chi connectivity index (χ3n) is 5.16. The highest BCUT2D eigenvalue weighted by molar-refractivity contribution is 7.93. The Kier molecular flexibility index (Phi) is 5.25. The van der Waals surface area contributed by atoms with E-state index >= 15 is 0 Å². The van der Waals surface area contributed by atoms with Gasteiger partial charge in [-0.05, 0) is 37.1 Å². The number of nitrogen functional groups attached to an aromatic ring is 1. The lowest BCUT2D eigenvalue weighted by molar-refractivity contribution is 0.389. The summed E-state index contributed by atoms with van der Waals surface area (Å²) in [4.78, 5) is 2.38. The van der Waals surface area contributed by atoms with E-state index in [0.29, 0.717) is 48.0 Å². The van der Waals surface area contributed by atoms with Crippen LogP contribution >= 0.6 is 0 Å². The van der Waals surface area contributed by atoms with Crippen LogP contribution in [0.3, 0.4) is 0 Å². The molecule has 2 aromatic rings. The minimum atomic E-state index is -3.47. The van der Waals surface area contributed by atoms with Gasteiger partial charge in [-0.15, -0.1) is 10.2 Å². The molecule has 2 aliphatic rings. The molecule has 152 valence electrons. The van der Waals surface area contributed by atoms with E-state index in [1.807, 2.05) is 17.0 Å². The number of benzene rings is 1. The Hall–Kier alpha value is -2.91. The largest absolute Gasteiger partial charge is 0.507 e. The van der Waals surface area contributed by atoms with Gasteiger partial charge in [-0.1, -0.05) is 24.3 Å². The number of nitrogens with zero attached hydrogens (tertiary/aromatic N) is 4. The van der Waals surface area contributed by atoms with E-state index in [-0.39, 0.29) is 11.6 Å². The van der Waals surface area contributed by atoms with Crippen molar-refractivity contribution >= 4 is 21.5 Å². The van der Waals surface area contributed by atoms with Crippen LogP contribution in [0.2, 0.25) is 0 Å². The molecule has 3 N–H and O–H groups in total. The zero-order valence-corrected chi connectivity index (χ0v) is 16.7. The van der Waals surface area contributed by atoms with Gasteiger partial charge in [-0.3, -0.25) is 0 Å². The number of phenols is 1. The molecule has 1 aliphatic carbocycles. The van der Waals surface area contributed by atoms with Gasteiger partial charge in [-0.2, -0.15) is 4.31 Å². The average Bonchev–Trinajstić information content (AvgIpc) is 2.75. The number of sulfonamides is 1. The van der Waals surface area contributed by atoms with Crippen LogP contribution in [0.5, 0.6) is 5.75 Å². The molecule has 29 heavy (non-hydrogen) atoms. The lowest BCUT2D eigenvalue weighted by Gasteiger charge is -2.36. The van der Waals surface area contributed by atoms with Gasteiger partial charge in [0.05, 0.1) is 16.3 Å². The lowest BCUT2D eigenvalue weighted by atomic mass is 10.1. The Morgan fingerprint density at radius 2 is 1.79 bits per heavy atom. The molecule has 0 amide bonds. The molecule has 2 heterocycles. The second-order valence-corrected chi connectivity index (χ2v) is 8.93. The smallest absolute Gasteiger partial charge is 0.242 e. The number of hydrogen-bond acceptors (Lipinski definition) is 7. The van der Waals surface area contributed by atoms with Crippen molar-refractivity contribution in [1.82, 2.24) is 14.5 Å². The first-order valence-corrected chi connectivity index (χ1v) is 10.9. The van der Waals surface area contributed by atoms with E-state index in [1.54, 1.807) is 36.4 Å². The molecule has 9 heteroatoms. The minimum absolute atomic E-state index is 0.113. The Morgan fingerprint density at radius 3 is 2.48 bits per heavy atom. The number of para-hydroxylation sites is 1. The number of aromatic hydroxyl groups is 1. The first kappa shape index (κ1) is 19.4. The van der Waals surface area contributed by atoms with Crippen LogP contribution in [0.25, 0.3) is 11.3 Å². The summed E-state index contributed by atoms with van der Waals surface area (Å²) in [5, 5.41) is 18.2. The number of rotatable bonds is 4. The summed E-state index contributed by atoms with van der Waals surface area (Å²) in [5.41, 5.74) is 7.81. The topological polar surface area (TPSA) is 113 Å². The molecule has 1 saturated heterocycles. The van der Waals surface area contributed by atoms with E-state index in [1.165, 1.54) is 4.31 Å². The molecule has 0 bridgehead atoms. The monoisotopic (exact) mass is 413 g/mol. The molecule has 0 atom stereocenters. The van der Waals surface area contributed by atoms with Gasteiger partial charge in [0, 0.05) is 31.7 Å². The van der Waals surface area contributed by atoms with E-state index in [0.717, 1.165) is 12.8 Å². The van der Waals surface area contributed by atoms with Crippen molar-refractivity contribution in [3.05, 3.63) is 53.5 Å². The predicted octanol–water partition coefficient (Wildman–Crippen LogP) is 2.12. The fraction of sp³-hybridized carbons (Fsp3) is 0.300. The molecule has 1 aliphatic heterocycles. The van der Waals surface area contributed by atoms with Crippen molar-refractivity contribution in [3.63, 3.8) is 0 Å². The van der Waals surface area contributed by atoms with Crippen LogP contribution < -0.4 is 10.6 Å². The standard InChI is InChI=1S/C20H23N5O3S/c21-20-18(14-17(22-23-20)16-8-4-5-9-19(16)26)24-10-12-25(13-11-24)29(27,28)15-6-2-1-3-7-15/h2,4-9,14,26H,1,3,10-13H2,(H2,21,23). The quantitative estimate of drug-likeness (QED) is 0.789. The summed E-state index contributed by atoms with van der Waals surface area (Å²) < 4.78 is 27.2. The van der Waals surface area contributed by atoms with E-state index in [9.17, 15) is 13.5 Å². The maximum atomic E-state index is 12.8. The summed E-state index contributed by atoms with van der Waals surface area (Å²) in [6, 6.07) is 8.68. The first-order chi connectivity index (χ1) is 14.0. The fourth-order valence-electron chi connectivity index (χ4n) is 3.57. The fourth-order valence-corrected chi connectivity index (χ4v) is 5.10. The number of hydrogen-bond donors (Lipinski definition) is 2. The van der Waals surface area contributed by atoms with Gasteiger partial charge in [0.15, 0.2) is 5.82 Å². The van der Waals surface area contributed by atoms with Crippen LogP contribution in [0.15, 0.2) is 53.5 Å². The second-order valence-electron chi connectivity index (χ2n) is 6.99. The summed E-state index contributed by atoms with van der Waals surface area (Å²) in [7, 11) is -3.47. The van der Waals surface area contributed by atoms with Crippen molar-refractivity contribution in [2.24, 2.45) is 0 Å². The molecule has 0 unspecified atom stereocenters. The van der Waals surface area contributed by atoms with Crippen LogP contribution in [0.1, 0.15) is 12.8 Å². The Bertz CT molecular complexity index is 1070. The first-order valence-electron chi connectivity index (χ1n) is 9.50. The third-order valence-corrected chi connectivity index (χ3v) is 7.10.